The lowest BCUT2D eigenvalue weighted by Crippen LogP contribution is -2.43. The molecule has 0 aromatic heterocycles. The lowest BCUT2D eigenvalue weighted by Gasteiger charge is -2.19. The Morgan fingerprint density at radius 2 is 1.66 bits per heavy atom. The summed E-state index contributed by atoms with van der Waals surface area (Å²) in [5.41, 5.74) is 3.67. The number of likely N-dealkylation sites (tertiary alicyclic amines) is 1. The predicted molar refractivity (Wildman–Crippen MR) is 142 cm³/mol. The second-order valence-corrected chi connectivity index (χ2v) is 8.38. The summed E-state index contributed by atoms with van der Waals surface area (Å²) in [6, 6.07) is 19.0. The van der Waals surface area contributed by atoms with Crippen LogP contribution in [0, 0.1) is 0 Å². The average molecular weight is 550 g/mol. The van der Waals surface area contributed by atoms with E-state index in [0.29, 0.717) is 12.5 Å². The maximum absolute atomic E-state index is 12.0. The van der Waals surface area contributed by atoms with E-state index in [1.807, 2.05) is 18.2 Å². The first kappa shape index (κ1) is 26.1. The Labute approximate surface area is 209 Å². The molecule has 1 fully saturated rings. The predicted octanol–water partition coefficient (Wildman–Crippen LogP) is 3.79. The number of benzene rings is 2. The van der Waals surface area contributed by atoms with Gasteiger partial charge < -0.3 is 15.5 Å². The number of hydrogen-bond donors (Lipinski definition) is 2. The summed E-state index contributed by atoms with van der Waals surface area (Å²) in [5.74, 6) is 0.640. The molecule has 1 atom stereocenters. The van der Waals surface area contributed by atoms with Crippen LogP contribution in [0.15, 0.2) is 59.6 Å². The van der Waals surface area contributed by atoms with Gasteiger partial charge in [0, 0.05) is 20.6 Å². The van der Waals surface area contributed by atoms with Crippen LogP contribution in [0.1, 0.15) is 42.5 Å². The van der Waals surface area contributed by atoms with Crippen molar-refractivity contribution < 1.29 is 4.79 Å². The summed E-state index contributed by atoms with van der Waals surface area (Å²) in [5, 5.41) is 6.59. The zero-order valence-electron chi connectivity index (χ0n) is 19.4. The van der Waals surface area contributed by atoms with Crippen LogP contribution in [-0.2, 0) is 17.9 Å². The molecular formula is C25H36IN5O. The highest BCUT2D eigenvalue weighted by Gasteiger charge is 2.12. The van der Waals surface area contributed by atoms with Gasteiger partial charge in [-0.2, -0.15) is 0 Å². The first-order valence-corrected chi connectivity index (χ1v) is 11.1. The number of nitrogens with zero attached hydrogens (tertiary/aromatic N) is 3. The molecule has 1 amide bonds. The van der Waals surface area contributed by atoms with Crippen LogP contribution < -0.4 is 10.6 Å². The van der Waals surface area contributed by atoms with Crippen molar-refractivity contribution >= 4 is 35.8 Å². The maximum Gasteiger partial charge on any atom is 0.241 e. The van der Waals surface area contributed by atoms with E-state index in [0.717, 1.165) is 12.1 Å². The third kappa shape index (κ3) is 8.43. The van der Waals surface area contributed by atoms with Gasteiger partial charge in [-0.05, 0) is 49.5 Å². The number of likely N-dealkylation sites (N-methyl/N-ethyl adjacent to an activating group) is 1. The molecule has 6 nitrogen and oxygen atoms in total. The van der Waals surface area contributed by atoms with Gasteiger partial charge in [-0.1, -0.05) is 54.6 Å². The number of carbonyl (C=O) groups excluding carboxylic acids is 1. The standard InChI is InChI=1S/C25H35N5O.HI/c1-20(23-9-5-4-6-10-23)28-25(27-18-24(31)29(2)3)26-17-21-11-13-22(14-12-21)19-30-15-7-8-16-30;/h4-6,9-14,20H,7-8,15-19H2,1-3H3,(H2,26,27,28);1H. The number of hydrogen-bond acceptors (Lipinski definition) is 3. The fraction of sp³-hybridized carbons (Fsp3) is 0.440. The van der Waals surface area contributed by atoms with Crippen LogP contribution in [0.2, 0.25) is 0 Å². The highest BCUT2D eigenvalue weighted by molar-refractivity contribution is 14.0. The van der Waals surface area contributed by atoms with Crippen molar-refractivity contribution in [2.24, 2.45) is 4.99 Å². The van der Waals surface area contributed by atoms with Crippen molar-refractivity contribution in [3.63, 3.8) is 0 Å². The molecule has 1 aliphatic rings. The van der Waals surface area contributed by atoms with Gasteiger partial charge >= 0.3 is 0 Å². The number of nitrogens with one attached hydrogen (secondary N) is 2. The third-order valence-corrected chi connectivity index (χ3v) is 5.61. The topological polar surface area (TPSA) is 60.0 Å². The molecule has 174 valence electrons. The number of aliphatic imine (C=N–C) groups is 1. The normalized spacial score (nSPS) is 15.0. The Morgan fingerprint density at radius 1 is 1.03 bits per heavy atom. The average Bonchev–Trinajstić information content (AvgIpc) is 3.29. The van der Waals surface area contributed by atoms with Gasteiger partial charge in [0.05, 0.1) is 19.1 Å². The van der Waals surface area contributed by atoms with Crippen molar-refractivity contribution in [2.45, 2.75) is 38.9 Å². The van der Waals surface area contributed by atoms with E-state index in [1.165, 1.54) is 37.1 Å². The molecule has 0 bridgehead atoms. The number of amides is 1. The quantitative estimate of drug-likeness (QED) is 0.299. The molecule has 2 N–H and O–H groups in total. The van der Waals surface area contributed by atoms with Crippen LogP contribution in [0.4, 0.5) is 0 Å². The lowest BCUT2D eigenvalue weighted by molar-refractivity contribution is -0.127. The summed E-state index contributed by atoms with van der Waals surface area (Å²) in [7, 11) is 3.51. The highest BCUT2D eigenvalue weighted by Crippen LogP contribution is 2.14. The molecule has 32 heavy (non-hydrogen) atoms. The van der Waals surface area contributed by atoms with Crippen LogP contribution in [0.3, 0.4) is 0 Å². The lowest BCUT2D eigenvalue weighted by atomic mass is 10.1. The largest absolute Gasteiger partial charge is 0.350 e. The molecule has 0 saturated carbocycles. The van der Waals surface area contributed by atoms with Gasteiger partial charge in [-0.15, -0.1) is 24.0 Å². The van der Waals surface area contributed by atoms with Crippen molar-refractivity contribution in [1.82, 2.24) is 20.4 Å². The molecule has 3 rings (SSSR count). The number of carbonyl (C=O) groups is 1. The summed E-state index contributed by atoms with van der Waals surface area (Å²) in [6.07, 6.45) is 2.63. The van der Waals surface area contributed by atoms with Gasteiger partial charge in [0.2, 0.25) is 5.91 Å². The van der Waals surface area contributed by atoms with Crippen molar-refractivity contribution in [3.05, 3.63) is 71.3 Å². The molecule has 1 unspecified atom stereocenters. The molecule has 7 heteroatoms. The molecular weight excluding hydrogens is 513 g/mol. The Bertz CT molecular complexity index is 848. The Morgan fingerprint density at radius 3 is 2.28 bits per heavy atom. The van der Waals surface area contributed by atoms with E-state index >= 15 is 0 Å². The van der Waals surface area contributed by atoms with E-state index in [9.17, 15) is 4.79 Å². The molecule has 0 radical (unpaired) electrons. The molecule has 1 heterocycles. The fourth-order valence-corrected chi connectivity index (χ4v) is 3.62. The van der Waals surface area contributed by atoms with Crippen molar-refractivity contribution in [3.8, 4) is 0 Å². The number of rotatable bonds is 8. The summed E-state index contributed by atoms with van der Waals surface area (Å²) < 4.78 is 0. The van der Waals surface area contributed by atoms with E-state index in [1.54, 1.807) is 19.0 Å². The van der Waals surface area contributed by atoms with E-state index in [-0.39, 0.29) is 42.5 Å². The Balaban J connectivity index is 0.00000363. The van der Waals surface area contributed by atoms with Gasteiger partial charge in [0.15, 0.2) is 5.96 Å². The fourth-order valence-electron chi connectivity index (χ4n) is 3.62. The minimum atomic E-state index is 0. The smallest absolute Gasteiger partial charge is 0.241 e. The van der Waals surface area contributed by atoms with Crippen LogP contribution >= 0.6 is 24.0 Å². The molecule has 2 aromatic rings. The Hall–Kier alpha value is -2.13. The summed E-state index contributed by atoms with van der Waals surface area (Å²) in [4.78, 5) is 20.8. The van der Waals surface area contributed by atoms with Crippen molar-refractivity contribution in [1.29, 1.82) is 0 Å². The second kappa shape index (κ2) is 13.4. The highest BCUT2D eigenvalue weighted by atomic mass is 127. The second-order valence-electron chi connectivity index (χ2n) is 8.38. The van der Waals surface area contributed by atoms with Gasteiger partial charge in [0.1, 0.15) is 0 Å². The maximum atomic E-state index is 12.0. The zero-order valence-corrected chi connectivity index (χ0v) is 21.7. The Kier molecular flexibility index (Phi) is 11.0. The molecule has 1 aliphatic heterocycles. The van der Waals surface area contributed by atoms with Gasteiger partial charge in [-0.3, -0.25) is 9.69 Å². The van der Waals surface area contributed by atoms with E-state index < -0.39 is 0 Å². The zero-order chi connectivity index (χ0) is 22.1. The van der Waals surface area contributed by atoms with Crippen LogP contribution in [-0.4, -0.2) is 55.4 Å². The first-order valence-electron chi connectivity index (χ1n) is 11.1. The number of guanidine groups is 1. The van der Waals surface area contributed by atoms with Crippen molar-refractivity contribution in [2.75, 3.05) is 33.7 Å². The molecule has 0 aliphatic carbocycles. The third-order valence-electron chi connectivity index (χ3n) is 5.61. The van der Waals surface area contributed by atoms with E-state index in [4.69, 9.17) is 4.99 Å². The van der Waals surface area contributed by atoms with Crippen LogP contribution in [0.25, 0.3) is 0 Å². The molecule has 1 saturated heterocycles. The minimum Gasteiger partial charge on any atom is -0.350 e. The monoisotopic (exact) mass is 549 g/mol. The first-order chi connectivity index (χ1) is 15.0. The summed E-state index contributed by atoms with van der Waals surface area (Å²) >= 11 is 0. The van der Waals surface area contributed by atoms with Gasteiger partial charge in [0.25, 0.3) is 0 Å². The number of halogens is 1. The van der Waals surface area contributed by atoms with Gasteiger partial charge in [-0.25, -0.2) is 4.99 Å². The van der Waals surface area contributed by atoms with E-state index in [2.05, 4.69) is 58.9 Å². The molecule has 2 aromatic carbocycles. The molecule has 0 spiro atoms. The summed E-state index contributed by atoms with van der Waals surface area (Å²) in [6.45, 7) is 6.29. The SMILES string of the molecule is CC(NC(=NCc1ccc(CN2CCCC2)cc1)NCC(=O)N(C)C)c1ccccc1.I. The van der Waals surface area contributed by atoms with Crippen LogP contribution in [0.5, 0.6) is 0 Å². The minimum absolute atomic E-state index is 0.